The predicted octanol–water partition coefficient (Wildman–Crippen LogP) is 2.98. The van der Waals surface area contributed by atoms with Crippen LogP contribution in [-0.4, -0.2) is 17.1 Å². The van der Waals surface area contributed by atoms with Crippen LogP contribution in [0.25, 0.3) is 10.9 Å². The van der Waals surface area contributed by atoms with Crippen LogP contribution in [0.1, 0.15) is 6.92 Å². The average molecular weight is 267 g/mol. The summed E-state index contributed by atoms with van der Waals surface area (Å²) < 4.78 is 2.63. The number of halogens is 1. The summed E-state index contributed by atoms with van der Waals surface area (Å²) in [4.78, 5) is 11.6. The van der Waals surface area contributed by atoms with E-state index in [0.717, 1.165) is 15.4 Å². The van der Waals surface area contributed by atoms with Gasteiger partial charge in [-0.05, 0) is 31.2 Å². The number of aromatic nitrogens is 1. The first-order chi connectivity index (χ1) is 7.22. The number of rotatable bonds is 1. The van der Waals surface area contributed by atoms with Gasteiger partial charge in [-0.1, -0.05) is 15.9 Å². The van der Waals surface area contributed by atoms with Gasteiger partial charge < -0.3 is 5.32 Å². The fourth-order valence-corrected chi connectivity index (χ4v) is 1.91. The number of nitrogens with zero attached hydrogens (tertiary/aromatic N) is 1. The Bertz CT molecular complexity index is 504. The second-order valence-electron chi connectivity index (χ2n) is 3.22. The number of hydrogen-bond donors (Lipinski definition) is 1. The Morgan fingerprint density at radius 3 is 3.00 bits per heavy atom. The van der Waals surface area contributed by atoms with E-state index < -0.39 is 0 Å². The molecule has 0 radical (unpaired) electrons. The average Bonchev–Trinajstić information content (AvgIpc) is 2.60. The highest BCUT2D eigenvalue weighted by molar-refractivity contribution is 9.10. The molecule has 4 heteroatoms. The van der Waals surface area contributed by atoms with Crippen LogP contribution in [0.2, 0.25) is 0 Å². The molecule has 15 heavy (non-hydrogen) atoms. The molecule has 0 fully saturated rings. The van der Waals surface area contributed by atoms with Crippen molar-refractivity contribution in [1.29, 1.82) is 0 Å². The van der Waals surface area contributed by atoms with Crippen LogP contribution in [0, 0.1) is 0 Å². The van der Waals surface area contributed by atoms with Crippen molar-refractivity contribution in [2.24, 2.45) is 0 Å². The van der Waals surface area contributed by atoms with Gasteiger partial charge in [0.15, 0.2) is 0 Å². The van der Waals surface area contributed by atoms with Gasteiger partial charge in [0.05, 0.1) is 5.52 Å². The predicted molar refractivity (Wildman–Crippen MR) is 64.1 cm³/mol. The van der Waals surface area contributed by atoms with Crippen molar-refractivity contribution in [2.45, 2.75) is 6.92 Å². The SMILES string of the molecule is CCNC(=O)n1ccc2cc(Br)ccc21. The number of hydrogen-bond acceptors (Lipinski definition) is 1. The Morgan fingerprint density at radius 2 is 2.27 bits per heavy atom. The van der Waals surface area contributed by atoms with Crippen LogP contribution < -0.4 is 5.32 Å². The number of amides is 1. The molecule has 0 atom stereocenters. The van der Waals surface area contributed by atoms with Gasteiger partial charge >= 0.3 is 6.03 Å². The molecule has 0 spiro atoms. The lowest BCUT2D eigenvalue weighted by molar-refractivity contribution is 0.244. The molecule has 1 heterocycles. The van der Waals surface area contributed by atoms with Crippen LogP contribution in [0.5, 0.6) is 0 Å². The Hall–Kier alpha value is -1.29. The van der Waals surface area contributed by atoms with E-state index in [9.17, 15) is 4.79 Å². The van der Waals surface area contributed by atoms with Gasteiger partial charge in [-0.2, -0.15) is 0 Å². The Kier molecular flexibility index (Phi) is 2.77. The van der Waals surface area contributed by atoms with E-state index >= 15 is 0 Å². The van der Waals surface area contributed by atoms with Crippen LogP contribution in [0.15, 0.2) is 34.9 Å². The maximum absolute atomic E-state index is 11.6. The molecule has 0 aliphatic heterocycles. The third-order valence-electron chi connectivity index (χ3n) is 2.20. The lowest BCUT2D eigenvalue weighted by Gasteiger charge is -2.04. The molecule has 0 saturated heterocycles. The van der Waals surface area contributed by atoms with Gasteiger partial charge in [0, 0.05) is 22.6 Å². The summed E-state index contributed by atoms with van der Waals surface area (Å²) in [7, 11) is 0. The van der Waals surface area contributed by atoms with Crippen molar-refractivity contribution in [1.82, 2.24) is 9.88 Å². The summed E-state index contributed by atoms with van der Waals surface area (Å²) in [5, 5.41) is 3.82. The van der Waals surface area contributed by atoms with E-state index in [1.54, 1.807) is 10.8 Å². The van der Waals surface area contributed by atoms with Gasteiger partial charge in [-0.15, -0.1) is 0 Å². The van der Waals surface area contributed by atoms with E-state index in [1.807, 2.05) is 31.2 Å². The number of nitrogens with one attached hydrogen (secondary N) is 1. The Labute approximate surface area is 96.2 Å². The number of carbonyl (C=O) groups is 1. The van der Waals surface area contributed by atoms with E-state index in [1.165, 1.54) is 0 Å². The zero-order valence-corrected chi connectivity index (χ0v) is 9.91. The minimum atomic E-state index is -0.0881. The summed E-state index contributed by atoms with van der Waals surface area (Å²) >= 11 is 3.40. The largest absolute Gasteiger partial charge is 0.338 e. The Morgan fingerprint density at radius 1 is 1.47 bits per heavy atom. The molecule has 0 bridgehead atoms. The number of fused-ring (bicyclic) bond motifs is 1. The second kappa shape index (κ2) is 4.06. The van der Waals surface area contributed by atoms with Crippen LogP contribution >= 0.6 is 15.9 Å². The molecule has 1 N–H and O–H groups in total. The Balaban J connectivity index is 2.49. The summed E-state index contributed by atoms with van der Waals surface area (Å²) in [6, 6.07) is 7.68. The molecule has 2 aromatic rings. The first kappa shape index (κ1) is 10.2. The van der Waals surface area contributed by atoms with Crippen LogP contribution in [-0.2, 0) is 0 Å². The van der Waals surface area contributed by atoms with Crippen molar-refractivity contribution < 1.29 is 4.79 Å². The van der Waals surface area contributed by atoms with Crippen molar-refractivity contribution in [3.63, 3.8) is 0 Å². The van der Waals surface area contributed by atoms with Gasteiger partial charge in [-0.25, -0.2) is 4.79 Å². The lowest BCUT2D eigenvalue weighted by Crippen LogP contribution is -2.27. The van der Waals surface area contributed by atoms with Gasteiger partial charge in [0.2, 0.25) is 0 Å². The maximum Gasteiger partial charge on any atom is 0.326 e. The van der Waals surface area contributed by atoms with Crippen molar-refractivity contribution in [3.05, 3.63) is 34.9 Å². The second-order valence-corrected chi connectivity index (χ2v) is 4.14. The zero-order valence-electron chi connectivity index (χ0n) is 8.33. The van der Waals surface area contributed by atoms with Gasteiger partial charge in [-0.3, -0.25) is 4.57 Å². The molecule has 0 aliphatic carbocycles. The van der Waals surface area contributed by atoms with E-state index in [4.69, 9.17) is 0 Å². The van der Waals surface area contributed by atoms with E-state index in [0.29, 0.717) is 6.54 Å². The molecule has 0 aliphatic rings. The normalized spacial score (nSPS) is 10.5. The van der Waals surface area contributed by atoms with Crippen LogP contribution in [0.4, 0.5) is 4.79 Å². The van der Waals surface area contributed by atoms with Crippen LogP contribution in [0.3, 0.4) is 0 Å². The molecule has 1 amide bonds. The van der Waals surface area contributed by atoms with Crippen molar-refractivity contribution in [3.8, 4) is 0 Å². The maximum atomic E-state index is 11.6. The summed E-state index contributed by atoms with van der Waals surface area (Å²) in [5.41, 5.74) is 0.921. The fraction of sp³-hybridized carbons (Fsp3) is 0.182. The van der Waals surface area contributed by atoms with E-state index in [-0.39, 0.29) is 6.03 Å². The van der Waals surface area contributed by atoms with Crippen molar-refractivity contribution in [2.75, 3.05) is 6.54 Å². The lowest BCUT2D eigenvalue weighted by atomic mass is 10.2. The summed E-state index contributed by atoms with van der Waals surface area (Å²) in [6.45, 7) is 2.54. The highest BCUT2D eigenvalue weighted by atomic mass is 79.9. The zero-order chi connectivity index (χ0) is 10.8. The highest BCUT2D eigenvalue weighted by Crippen LogP contribution is 2.20. The number of benzene rings is 1. The fourth-order valence-electron chi connectivity index (χ4n) is 1.53. The summed E-state index contributed by atoms with van der Waals surface area (Å²) in [5.74, 6) is 0. The standard InChI is InChI=1S/C11H11BrN2O/c1-2-13-11(15)14-6-5-8-7-9(12)3-4-10(8)14/h3-7H,2H2,1H3,(H,13,15). The van der Waals surface area contributed by atoms with Crippen molar-refractivity contribution >= 4 is 32.9 Å². The molecular formula is C11H11BrN2O. The minimum absolute atomic E-state index is 0.0881. The third kappa shape index (κ3) is 1.90. The van der Waals surface area contributed by atoms with Gasteiger partial charge in [0.25, 0.3) is 0 Å². The molecule has 2 rings (SSSR count). The topological polar surface area (TPSA) is 34.0 Å². The smallest absolute Gasteiger partial charge is 0.326 e. The molecule has 0 saturated carbocycles. The first-order valence-electron chi connectivity index (χ1n) is 4.77. The molecule has 3 nitrogen and oxygen atoms in total. The minimum Gasteiger partial charge on any atom is -0.338 e. The van der Waals surface area contributed by atoms with E-state index in [2.05, 4.69) is 21.2 Å². The molecular weight excluding hydrogens is 256 g/mol. The molecule has 1 aromatic heterocycles. The first-order valence-corrected chi connectivity index (χ1v) is 5.56. The monoisotopic (exact) mass is 266 g/mol. The quantitative estimate of drug-likeness (QED) is 0.846. The molecule has 0 unspecified atom stereocenters. The molecule has 78 valence electrons. The van der Waals surface area contributed by atoms with Gasteiger partial charge in [0.1, 0.15) is 0 Å². The third-order valence-corrected chi connectivity index (χ3v) is 2.69. The summed E-state index contributed by atoms with van der Waals surface area (Å²) in [6.07, 6.45) is 1.78. The molecule has 1 aromatic carbocycles. The highest BCUT2D eigenvalue weighted by Gasteiger charge is 2.06. The number of carbonyl (C=O) groups excluding carboxylic acids is 1.